The SMILES string of the molecule is CCCC(C#N)(CCC)C(=O)NC(C)COC. The van der Waals surface area contributed by atoms with Gasteiger partial charge < -0.3 is 10.1 Å². The smallest absolute Gasteiger partial charge is 0.240 e. The summed E-state index contributed by atoms with van der Waals surface area (Å²) in [6, 6.07) is 2.15. The molecule has 98 valence electrons. The summed E-state index contributed by atoms with van der Waals surface area (Å²) < 4.78 is 4.97. The van der Waals surface area contributed by atoms with Gasteiger partial charge in [0.05, 0.1) is 12.7 Å². The zero-order valence-electron chi connectivity index (χ0n) is 11.4. The van der Waals surface area contributed by atoms with Crippen molar-refractivity contribution in [3.05, 3.63) is 0 Å². The number of amides is 1. The van der Waals surface area contributed by atoms with Crippen molar-refractivity contribution in [2.24, 2.45) is 5.41 Å². The van der Waals surface area contributed by atoms with Gasteiger partial charge in [0.2, 0.25) is 5.91 Å². The Morgan fingerprint density at radius 1 is 1.41 bits per heavy atom. The van der Waals surface area contributed by atoms with Crippen LogP contribution in [0.2, 0.25) is 0 Å². The van der Waals surface area contributed by atoms with Gasteiger partial charge in [0.1, 0.15) is 5.41 Å². The van der Waals surface area contributed by atoms with E-state index in [0.717, 1.165) is 12.8 Å². The highest BCUT2D eigenvalue weighted by molar-refractivity contribution is 5.85. The van der Waals surface area contributed by atoms with Crippen LogP contribution in [0.25, 0.3) is 0 Å². The summed E-state index contributed by atoms with van der Waals surface area (Å²) in [5.74, 6) is -0.159. The van der Waals surface area contributed by atoms with Gasteiger partial charge in [-0.2, -0.15) is 5.26 Å². The summed E-state index contributed by atoms with van der Waals surface area (Å²) in [7, 11) is 1.60. The van der Waals surface area contributed by atoms with Gasteiger partial charge in [-0.15, -0.1) is 0 Å². The number of nitrogens with zero attached hydrogens (tertiary/aromatic N) is 1. The van der Waals surface area contributed by atoms with Crippen molar-refractivity contribution in [2.75, 3.05) is 13.7 Å². The van der Waals surface area contributed by atoms with Crippen LogP contribution in [0.3, 0.4) is 0 Å². The molecule has 0 aliphatic carbocycles. The Morgan fingerprint density at radius 2 is 1.94 bits per heavy atom. The third kappa shape index (κ3) is 4.74. The predicted octanol–water partition coefficient (Wildman–Crippen LogP) is 2.25. The molecule has 0 heterocycles. The van der Waals surface area contributed by atoms with E-state index in [4.69, 9.17) is 4.74 Å². The van der Waals surface area contributed by atoms with Gasteiger partial charge in [-0.25, -0.2) is 0 Å². The Balaban J connectivity index is 4.68. The Bertz CT molecular complexity index is 265. The van der Waals surface area contributed by atoms with Gasteiger partial charge >= 0.3 is 0 Å². The van der Waals surface area contributed by atoms with Crippen LogP contribution in [0.15, 0.2) is 0 Å². The van der Waals surface area contributed by atoms with Crippen molar-refractivity contribution in [2.45, 2.75) is 52.5 Å². The topological polar surface area (TPSA) is 62.1 Å². The first-order valence-corrected chi connectivity index (χ1v) is 6.27. The van der Waals surface area contributed by atoms with E-state index in [9.17, 15) is 10.1 Å². The average molecular weight is 240 g/mol. The van der Waals surface area contributed by atoms with Crippen LogP contribution in [0.5, 0.6) is 0 Å². The van der Waals surface area contributed by atoms with E-state index in [1.807, 2.05) is 20.8 Å². The van der Waals surface area contributed by atoms with E-state index in [2.05, 4.69) is 11.4 Å². The highest BCUT2D eigenvalue weighted by Crippen LogP contribution is 2.29. The lowest BCUT2D eigenvalue weighted by molar-refractivity contribution is -0.129. The van der Waals surface area contributed by atoms with Crippen LogP contribution in [-0.4, -0.2) is 25.7 Å². The van der Waals surface area contributed by atoms with E-state index in [1.165, 1.54) is 0 Å². The van der Waals surface area contributed by atoms with E-state index in [0.29, 0.717) is 19.4 Å². The summed E-state index contributed by atoms with van der Waals surface area (Å²) in [5, 5.41) is 12.2. The molecule has 1 N–H and O–H groups in total. The van der Waals surface area contributed by atoms with Crippen molar-refractivity contribution in [3.63, 3.8) is 0 Å². The van der Waals surface area contributed by atoms with E-state index in [1.54, 1.807) is 7.11 Å². The molecule has 0 fully saturated rings. The lowest BCUT2D eigenvalue weighted by Gasteiger charge is -2.26. The summed E-state index contributed by atoms with van der Waals surface area (Å²) in [6.45, 7) is 6.33. The second kappa shape index (κ2) is 8.08. The first-order chi connectivity index (χ1) is 8.06. The number of carbonyl (C=O) groups is 1. The molecular formula is C13H24N2O2. The predicted molar refractivity (Wildman–Crippen MR) is 67.3 cm³/mol. The minimum absolute atomic E-state index is 0.0612. The number of hydrogen-bond donors (Lipinski definition) is 1. The van der Waals surface area contributed by atoms with Crippen LogP contribution in [0, 0.1) is 16.7 Å². The first kappa shape index (κ1) is 15.9. The number of nitrogens with one attached hydrogen (secondary N) is 1. The molecule has 0 spiro atoms. The highest BCUT2D eigenvalue weighted by Gasteiger charge is 2.37. The third-order valence-electron chi connectivity index (χ3n) is 2.80. The maximum atomic E-state index is 12.2. The Hall–Kier alpha value is -1.08. The van der Waals surface area contributed by atoms with Crippen molar-refractivity contribution >= 4 is 5.91 Å². The van der Waals surface area contributed by atoms with Crippen LogP contribution >= 0.6 is 0 Å². The van der Waals surface area contributed by atoms with Gasteiger partial charge in [-0.05, 0) is 19.8 Å². The maximum absolute atomic E-state index is 12.2. The highest BCUT2D eigenvalue weighted by atomic mass is 16.5. The average Bonchev–Trinajstić information content (AvgIpc) is 2.28. The van der Waals surface area contributed by atoms with E-state index >= 15 is 0 Å². The molecule has 0 bridgehead atoms. The molecule has 0 aliphatic heterocycles. The van der Waals surface area contributed by atoms with Gasteiger partial charge in [0.15, 0.2) is 0 Å². The number of carbonyl (C=O) groups excluding carboxylic acids is 1. The zero-order chi connectivity index (χ0) is 13.3. The van der Waals surface area contributed by atoms with Crippen molar-refractivity contribution < 1.29 is 9.53 Å². The number of hydrogen-bond acceptors (Lipinski definition) is 3. The lowest BCUT2D eigenvalue weighted by Crippen LogP contribution is -2.45. The van der Waals surface area contributed by atoms with E-state index in [-0.39, 0.29) is 11.9 Å². The molecule has 4 nitrogen and oxygen atoms in total. The molecule has 0 rings (SSSR count). The second-order valence-electron chi connectivity index (χ2n) is 4.52. The molecule has 0 aromatic rings. The lowest BCUT2D eigenvalue weighted by atomic mass is 9.79. The molecule has 0 radical (unpaired) electrons. The fourth-order valence-corrected chi connectivity index (χ4v) is 2.02. The fourth-order valence-electron chi connectivity index (χ4n) is 2.02. The molecule has 4 heteroatoms. The quantitative estimate of drug-likeness (QED) is 0.707. The Morgan fingerprint density at radius 3 is 2.29 bits per heavy atom. The van der Waals surface area contributed by atoms with Crippen LogP contribution < -0.4 is 5.32 Å². The van der Waals surface area contributed by atoms with Crippen molar-refractivity contribution in [3.8, 4) is 6.07 Å². The molecular weight excluding hydrogens is 216 g/mol. The number of methoxy groups -OCH3 is 1. The summed E-state index contributed by atoms with van der Waals surface area (Å²) in [4.78, 5) is 12.2. The number of rotatable bonds is 8. The van der Waals surface area contributed by atoms with Crippen LogP contribution in [-0.2, 0) is 9.53 Å². The molecule has 1 amide bonds. The monoisotopic (exact) mass is 240 g/mol. The van der Waals surface area contributed by atoms with Crippen LogP contribution in [0.4, 0.5) is 0 Å². The molecule has 17 heavy (non-hydrogen) atoms. The summed E-state index contributed by atoms with van der Waals surface area (Å²) in [5.41, 5.74) is -0.870. The van der Waals surface area contributed by atoms with Gasteiger partial charge in [-0.3, -0.25) is 4.79 Å². The van der Waals surface area contributed by atoms with E-state index < -0.39 is 5.41 Å². The Kier molecular flexibility index (Phi) is 7.56. The molecule has 1 unspecified atom stereocenters. The fraction of sp³-hybridized carbons (Fsp3) is 0.846. The summed E-state index contributed by atoms with van der Waals surface area (Å²) in [6.07, 6.45) is 2.89. The van der Waals surface area contributed by atoms with Crippen LogP contribution in [0.1, 0.15) is 46.5 Å². The van der Waals surface area contributed by atoms with Crippen molar-refractivity contribution in [1.29, 1.82) is 5.26 Å². The van der Waals surface area contributed by atoms with Gasteiger partial charge in [-0.1, -0.05) is 26.7 Å². The molecule has 0 aliphatic rings. The maximum Gasteiger partial charge on any atom is 0.240 e. The third-order valence-corrected chi connectivity index (χ3v) is 2.80. The molecule has 0 saturated carbocycles. The number of nitriles is 1. The molecule has 0 aromatic heterocycles. The Labute approximate surface area is 104 Å². The second-order valence-corrected chi connectivity index (χ2v) is 4.52. The standard InChI is InChI=1S/C13H24N2O2/c1-5-7-13(10-14,8-6-2)12(16)15-11(3)9-17-4/h11H,5-9H2,1-4H3,(H,15,16). The minimum Gasteiger partial charge on any atom is -0.383 e. The first-order valence-electron chi connectivity index (χ1n) is 6.27. The van der Waals surface area contributed by atoms with Crippen molar-refractivity contribution in [1.82, 2.24) is 5.32 Å². The zero-order valence-corrected chi connectivity index (χ0v) is 11.4. The van der Waals surface area contributed by atoms with Gasteiger partial charge in [0.25, 0.3) is 0 Å². The normalized spacial score (nSPS) is 12.9. The van der Waals surface area contributed by atoms with Gasteiger partial charge in [0, 0.05) is 13.2 Å². The molecule has 0 aromatic carbocycles. The summed E-state index contributed by atoms with van der Waals surface area (Å²) >= 11 is 0. The largest absolute Gasteiger partial charge is 0.383 e. The molecule has 1 atom stereocenters. The molecule has 0 saturated heterocycles. The minimum atomic E-state index is -0.870. The number of ether oxygens (including phenoxy) is 1.